The predicted molar refractivity (Wildman–Crippen MR) is 110 cm³/mol. The first-order chi connectivity index (χ1) is 13.1. The molecule has 0 fully saturated rings. The molecule has 6 heteroatoms. The minimum absolute atomic E-state index is 0.308. The fourth-order valence-corrected chi connectivity index (χ4v) is 2.59. The minimum atomic E-state index is -0.477. The lowest BCUT2D eigenvalue weighted by Crippen LogP contribution is -2.42. The molecule has 0 heterocycles. The Labute approximate surface area is 161 Å². The van der Waals surface area contributed by atoms with Crippen molar-refractivity contribution in [3.8, 4) is 0 Å². The molecule has 1 unspecified atom stereocenters. The van der Waals surface area contributed by atoms with Crippen LogP contribution in [0.5, 0.6) is 0 Å². The largest absolute Gasteiger partial charge is 0.453 e. The molecule has 2 aromatic carbocycles. The number of hydrogen-bond donors (Lipinski definition) is 3. The molecule has 0 radical (unpaired) electrons. The number of ether oxygens (including phenoxy) is 1. The molecule has 2 aromatic rings. The van der Waals surface area contributed by atoms with E-state index in [4.69, 9.17) is 0 Å². The van der Waals surface area contributed by atoms with Crippen LogP contribution in [0, 0.1) is 0 Å². The van der Waals surface area contributed by atoms with Gasteiger partial charge in [0, 0.05) is 25.3 Å². The SMILES string of the molecule is CN=C(NCc1ccc(NC(=O)OC)cc1)NC(C)CCc1ccccc1. The fraction of sp³-hybridized carbons (Fsp3) is 0.333. The van der Waals surface area contributed by atoms with E-state index in [1.54, 1.807) is 7.05 Å². The van der Waals surface area contributed by atoms with E-state index in [0.717, 1.165) is 24.4 Å². The van der Waals surface area contributed by atoms with E-state index in [2.05, 4.69) is 56.9 Å². The van der Waals surface area contributed by atoms with Gasteiger partial charge in [0.15, 0.2) is 5.96 Å². The Kier molecular flexibility index (Phi) is 8.16. The highest BCUT2D eigenvalue weighted by molar-refractivity contribution is 5.84. The van der Waals surface area contributed by atoms with Crippen LogP contribution in [0.25, 0.3) is 0 Å². The summed E-state index contributed by atoms with van der Waals surface area (Å²) >= 11 is 0. The Morgan fingerprint density at radius 3 is 2.41 bits per heavy atom. The van der Waals surface area contributed by atoms with Crippen LogP contribution in [0.4, 0.5) is 10.5 Å². The monoisotopic (exact) mass is 368 g/mol. The molecular formula is C21H28N4O2. The van der Waals surface area contributed by atoms with Crippen LogP contribution < -0.4 is 16.0 Å². The quantitative estimate of drug-likeness (QED) is 0.516. The van der Waals surface area contributed by atoms with E-state index in [1.807, 2.05) is 30.3 Å². The van der Waals surface area contributed by atoms with E-state index >= 15 is 0 Å². The van der Waals surface area contributed by atoms with Gasteiger partial charge >= 0.3 is 6.09 Å². The van der Waals surface area contributed by atoms with Gasteiger partial charge in [-0.05, 0) is 43.0 Å². The zero-order chi connectivity index (χ0) is 19.5. The Hall–Kier alpha value is -3.02. The van der Waals surface area contributed by atoms with Crippen molar-refractivity contribution in [2.24, 2.45) is 4.99 Å². The number of benzene rings is 2. The summed E-state index contributed by atoms with van der Waals surface area (Å²) in [4.78, 5) is 15.5. The van der Waals surface area contributed by atoms with E-state index in [1.165, 1.54) is 12.7 Å². The lowest BCUT2D eigenvalue weighted by atomic mass is 10.1. The molecule has 0 bridgehead atoms. The van der Waals surface area contributed by atoms with E-state index in [9.17, 15) is 4.79 Å². The first-order valence-electron chi connectivity index (χ1n) is 9.05. The molecule has 1 amide bonds. The number of nitrogens with zero attached hydrogens (tertiary/aromatic N) is 1. The average molecular weight is 368 g/mol. The zero-order valence-corrected chi connectivity index (χ0v) is 16.2. The van der Waals surface area contributed by atoms with Gasteiger partial charge in [-0.3, -0.25) is 10.3 Å². The molecule has 144 valence electrons. The highest BCUT2D eigenvalue weighted by Crippen LogP contribution is 2.10. The fourth-order valence-electron chi connectivity index (χ4n) is 2.59. The van der Waals surface area contributed by atoms with Crippen LogP contribution >= 0.6 is 0 Å². The number of hydrogen-bond acceptors (Lipinski definition) is 3. The summed E-state index contributed by atoms with van der Waals surface area (Å²) in [7, 11) is 3.11. The number of carbonyl (C=O) groups excluding carboxylic acids is 1. The summed E-state index contributed by atoms with van der Waals surface area (Å²) < 4.78 is 4.58. The molecule has 0 saturated carbocycles. The van der Waals surface area contributed by atoms with Crippen LogP contribution in [0.2, 0.25) is 0 Å². The maximum absolute atomic E-state index is 11.2. The van der Waals surface area contributed by atoms with Gasteiger partial charge in [-0.2, -0.15) is 0 Å². The summed E-state index contributed by atoms with van der Waals surface area (Å²) in [5.74, 6) is 0.771. The van der Waals surface area contributed by atoms with Crippen molar-refractivity contribution >= 4 is 17.7 Å². The van der Waals surface area contributed by atoms with Crippen LogP contribution in [0.3, 0.4) is 0 Å². The summed E-state index contributed by atoms with van der Waals surface area (Å²) in [5, 5.41) is 9.36. The molecule has 0 aliphatic carbocycles. The van der Waals surface area contributed by atoms with Crippen molar-refractivity contribution in [2.75, 3.05) is 19.5 Å². The van der Waals surface area contributed by atoms with E-state index < -0.39 is 6.09 Å². The Morgan fingerprint density at radius 1 is 1.07 bits per heavy atom. The normalized spacial score (nSPS) is 12.2. The number of carbonyl (C=O) groups is 1. The number of rotatable bonds is 7. The molecule has 0 spiro atoms. The molecule has 0 aliphatic rings. The maximum Gasteiger partial charge on any atom is 0.411 e. The highest BCUT2D eigenvalue weighted by Gasteiger charge is 2.06. The maximum atomic E-state index is 11.2. The number of methoxy groups -OCH3 is 1. The number of amides is 1. The lowest BCUT2D eigenvalue weighted by Gasteiger charge is -2.18. The van der Waals surface area contributed by atoms with Crippen molar-refractivity contribution in [1.82, 2.24) is 10.6 Å². The zero-order valence-electron chi connectivity index (χ0n) is 16.2. The number of guanidine groups is 1. The van der Waals surface area contributed by atoms with Crippen molar-refractivity contribution in [3.63, 3.8) is 0 Å². The highest BCUT2D eigenvalue weighted by atomic mass is 16.5. The Morgan fingerprint density at radius 2 is 1.78 bits per heavy atom. The topological polar surface area (TPSA) is 74.8 Å². The molecule has 0 aromatic heterocycles. The number of aryl methyl sites for hydroxylation is 1. The van der Waals surface area contributed by atoms with Crippen molar-refractivity contribution in [1.29, 1.82) is 0 Å². The second kappa shape index (κ2) is 10.9. The predicted octanol–water partition coefficient (Wildman–Crippen LogP) is 3.55. The van der Waals surface area contributed by atoms with Crippen LogP contribution in [0.1, 0.15) is 24.5 Å². The number of nitrogens with one attached hydrogen (secondary N) is 3. The summed E-state index contributed by atoms with van der Waals surface area (Å²) in [5.41, 5.74) is 3.13. The van der Waals surface area contributed by atoms with Gasteiger partial charge < -0.3 is 15.4 Å². The first-order valence-corrected chi connectivity index (χ1v) is 9.05. The molecule has 3 N–H and O–H groups in total. The van der Waals surface area contributed by atoms with Crippen molar-refractivity contribution in [2.45, 2.75) is 32.4 Å². The van der Waals surface area contributed by atoms with Gasteiger partial charge in [0.1, 0.15) is 0 Å². The van der Waals surface area contributed by atoms with Gasteiger partial charge in [0.05, 0.1) is 7.11 Å². The number of aliphatic imine (C=N–C) groups is 1. The van der Waals surface area contributed by atoms with E-state index in [0.29, 0.717) is 18.3 Å². The summed E-state index contributed by atoms with van der Waals surface area (Å²) in [6.45, 7) is 2.80. The third-order valence-electron chi connectivity index (χ3n) is 4.16. The lowest BCUT2D eigenvalue weighted by molar-refractivity contribution is 0.187. The van der Waals surface area contributed by atoms with Crippen LogP contribution in [-0.2, 0) is 17.7 Å². The van der Waals surface area contributed by atoms with Gasteiger partial charge in [0.25, 0.3) is 0 Å². The van der Waals surface area contributed by atoms with Crippen LogP contribution in [0.15, 0.2) is 59.6 Å². The number of anilines is 1. The van der Waals surface area contributed by atoms with E-state index in [-0.39, 0.29) is 0 Å². The molecule has 6 nitrogen and oxygen atoms in total. The third-order valence-corrected chi connectivity index (χ3v) is 4.16. The molecule has 0 aliphatic heterocycles. The van der Waals surface area contributed by atoms with Crippen molar-refractivity contribution in [3.05, 3.63) is 65.7 Å². The van der Waals surface area contributed by atoms with Crippen molar-refractivity contribution < 1.29 is 9.53 Å². The summed E-state index contributed by atoms with van der Waals surface area (Å²) in [6.07, 6.45) is 1.58. The average Bonchev–Trinajstić information content (AvgIpc) is 2.71. The van der Waals surface area contributed by atoms with Gasteiger partial charge in [-0.1, -0.05) is 42.5 Å². The molecule has 2 rings (SSSR count). The van der Waals surface area contributed by atoms with Crippen LogP contribution in [-0.4, -0.2) is 32.3 Å². The van der Waals surface area contributed by atoms with Gasteiger partial charge in [-0.25, -0.2) is 4.79 Å². The Bertz CT molecular complexity index is 730. The Balaban J connectivity index is 1.76. The smallest absolute Gasteiger partial charge is 0.411 e. The van der Waals surface area contributed by atoms with Gasteiger partial charge in [0.2, 0.25) is 0 Å². The van der Waals surface area contributed by atoms with Gasteiger partial charge in [-0.15, -0.1) is 0 Å². The third kappa shape index (κ3) is 7.40. The molecular weight excluding hydrogens is 340 g/mol. The first kappa shape index (κ1) is 20.3. The second-order valence-electron chi connectivity index (χ2n) is 6.31. The molecule has 1 atom stereocenters. The molecule has 27 heavy (non-hydrogen) atoms. The minimum Gasteiger partial charge on any atom is -0.453 e. The second-order valence-corrected chi connectivity index (χ2v) is 6.31. The molecule has 0 saturated heterocycles. The summed E-state index contributed by atoms with van der Waals surface area (Å²) in [6, 6.07) is 18.4. The standard InChI is InChI=1S/C21H28N4O2/c1-16(9-10-17-7-5-4-6-8-17)24-20(22-2)23-15-18-11-13-19(14-12-18)25-21(26)27-3/h4-8,11-14,16H,9-10,15H2,1-3H3,(H,25,26)(H2,22,23,24).